The van der Waals surface area contributed by atoms with Gasteiger partial charge in [-0.15, -0.1) is 11.8 Å². The summed E-state index contributed by atoms with van der Waals surface area (Å²) < 4.78 is 20.2. The van der Waals surface area contributed by atoms with E-state index in [1.165, 1.54) is 18.0 Å². The summed E-state index contributed by atoms with van der Waals surface area (Å²) in [6.07, 6.45) is 4.09. The number of aromatic nitrogens is 3. The van der Waals surface area contributed by atoms with Crippen molar-refractivity contribution in [2.24, 2.45) is 5.41 Å². The van der Waals surface area contributed by atoms with Gasteiger partial charge in [-0.2, -0.15) is 0 Å². The lowest BCUT2D eigenvalue weighted by atomic mass is 9.76. The molecular weight excluding hydrogens is 495 g/mol. The van der Waals surface area contributed by atoms with Gasteiger partial charge in [0, 0.05) is 31.7 Å². The van der Waals surface area contributed by atoms with Crippen molar-refractivity contribution < 1.29 is 19.0 Å². The van der Waals surface area contributed by atoms with E-state index < -0.39 is 6.10 Å². The Kier molecular flexibility index (Phi) is 6.37. The number of nitrogens with one attached hydrogen (secondary N) is 2. The topological polar surface area (TPSA) is 113 Å². The highest BCUT2D eigenvalue weighted by atomic mass is 32.2. The number of rotatable bonds is 5. The molecular formula is C26H29FN6O3S. The molecule has 1 unspecified atom stereocenters. The van der Waals surface area contributed by atoms with Gasteiger partial charge in [0.25, 0.3) is 0 Å². The summed E-state index contributed by atoms with van der Waals surface area (Å²) >= 11 is 1.49. The van der Waals surface area contributed by atoms with Crippen LogP contribution in [-0.4, -0.2) is 64.1 Å². The largest absolute Gasteiger partial charge is 0.481 e. The molecule has 37 heavy (non-hydrogen) atoms. The number of piperidine rings is 1. The van der Waals surface area contributed by atoms with E-state index in [1.54, 1.807) is 19.2 Å². The summed E-state index contributed by atoms with van der Waals surface area (Å²) in [4.78, 5) is 28.0. The standard InChI is InChI=1S/C26H29FN6O3S/c1-36-22-5-3-17-23(32-22)24(16(27)13-29-17)33-8-6-26(7-9-33)10-18(19(34)11-26)28-12-15-2-4-20-25(30-15)31-21(35)14-37-20/h2-5,13,18-19,28,34H,6-12,14H2,1H3,(H,30,31,35)/t18-,19?/m0/s1. The van der Waals surface area contributed by atoms with E-state index >= 15 is 0 Å². The van der Waals surface area contributed by atoms with Crippen LogP contribution in [-0.2, 0) is 11.3 Å². The summed E-state index contributed by atoms with van der Waals surface area (Å²) in [5, 5.41) is 17.2. The summed E-state index contributed by atoms with van der Waals surface area (Å²) in [7, 11) is 1.54. The average molecular weight is 525 g/mol. The summed E-state index contributed by atoms with van der Waals surface area (Å²) in [6.45, 7) is 1.87. The number of aliphatic hydroxyl groups excluding tert-OH is 1. The molecule has 194 valence electrons. The van der Waals surface area contributed by atoms with E-state index in [0.717, 1.165) is 29.9 Å². The Balaban J connectivity index is 1.12. The molecule has 1 saturated carbocycles. The van der Waals surface area contributed by atoms with Gasteiger partial charge in [0.05, 0.1) is 41.3 Å². The Morgan fingerprint density at radius 1 is 1.24 bits per heavy atom. The highest BCUT2D eigenvalue weighted by molar-refractivity contribution is 8.00. The first-order valence-corrected chi connectivity index (χ1v) is 13.5. The fourth-order valence-electron chi connectivity index (χ4n) is 5.86. The van der Waals surface area contributed by atoms with Crippen molar-refractivity contribution in [3.8, 4) is 5.88 Å². The van der Waals surface area contributed by atoms with Crippen LogP contribution in [0.15, 0.2) is 35.4 Å². The molecule has 2 aliphatic heterocycles. The number of carbonyl (C=O) groups excluding carboxylic acids is 1. The predicted molar refractivity (Wildman–Crippen MR) is 139 cm³/mol. The molecule has 2 atom stereocenters. The van der Waals surface area contributed by atoms with Gasteiger partial charge >= 0.3 is 0 Å². The number of methoxy groups -OCH3 is 1. The second-order valence-corrected chi connectivity index (χ2v) is 11.1. The van der Waals surface area contributed by atoms with Crippen LogP contribution in [0.2, 0.25) is 0 Å². The first kappa shape index (κ1) is 24.3. The maximum atomic E-state index is 15.0. The van der Waals surface area contributed by atoms with Gasteiger partial charge in [-0.25, -0.2) is 14.4 Å². The zero-order valence-corrected chi connectivity index (χ0v) is 21.4. The molecule has 0 aromatic carbocycles. The van der Waals surface area contributed by atoms with Crippen LogP contribution in [0.4, 0.5) is 15.9 Å². The van der Waals surface area contributed by atoms with Crippen molar-refractivity contribution in [3.63, 3.8) is 0 Å². The second-order valence-electron chi connectivity index (χ2n) is 10.1. The van der Waals surface area contributed by atoms with Gasteiger partial charge in [0.15, 0.2) is 5.82 Å². The number of halogens is 1. The second kappa shape index (κ2) is 9.70. The number of fused-ring (bicyclic) bond motifs is 2. The minimum atomic E-state index is -0.455. The molecule has 1 amide bonds. The summed E-state index contributed by atoms with van der Waals surface area (Å²) in [6, 6.07) is 7.42. The van der Waals surface area contributed by atoms with E-state index in [-0.39, 0.29) is 23.2 Å². The molecule has 1 aliphatic carbocycles. The van der Waals surface area contributed by atoms with Crippen LogP contribution in [0.5, 0.6) is 5.88 Å². The number of pyridine rings is 3. The number of nitrogens with zero attached hydrogens (tertiary/aromatic N) is 4. The van der Waals surface area contributed by atoms with Gasteiger partial charge < -0.3 is 25.4 Å². The zero-order chi connectivity index (χ0) is 25.6. The molecule has 11 heteroatoms. The third-order valence-electron chi connectivity index (χ3n) is 7.80. The van der Waals surface area contributed by atoms with E-state index in [2.05, 4.69) is 25.6 Å². The molecule has 3 aromatic heterocycles. The lowest BCUT2D eigenvalue weighted by Gasteiger charge is -2.40. The van der Waals surface area contributed by atoms with Crippen LogP contribution in [0, 0.1) is 11.2 Å². The van der Waals surface area contributed by atoms with E-state index in [9.17, 15) is 14.3 Å². The Bertz CT molecular complexity index is 1350. The number of thioether (sulfide) groups is 1. The van der Waals surface area contributed by atoms with Crippen molar-refractivity contribution in [1.29, 1.82) is 0 Å². The van der Waals surface area contributed by atoms with Gasteiger partial charge in [-0.1, -0.05) is 0 Å². The van der Waals surface area contributed by atoms with E-state index in [1.807, 2.05) is 17.0 Å². The van der Waals surface area contributed by atoms with Gasteiger partial charge in [0.2, 0.25) is 11.8 Å². The van der Waals surface area contributed by atoms with Gasteiger partial charge in [0.1, 0.15) is 17.0 Å². The third-order valence-corrected chi connectivity index (χ3v) is 8.85. The molecule has 2 fully saturated rings. The van der Waals surface area contributed by atoms with Crippen LogP contribution < -0.4 is 20.3 Å². The fourth-order valence-corrected chi connectivity index (χ4v) is 6.62. The molecule has 0 radical (unpaired) electrons. The van der Waals surface area contributed by atoms with Crippen LogP contribution in [0.1, 0.15) is 31.4 Å². The summed E-state index contributed by atoms with van der Waals surface area (Å²) in [5.74, 6) is 1.03. The SMILES string of the molecule is COc1ccc2ncc(F)c(N3CCC4(CC3)CC(O)[C@@H](NCc3ccc5c(n3)NC(=O)CS5)C4)c2n1. The molecule has 3 N–H and O–H groups in total. The number of carbonyl (C=O) groups is 1. The molecule has 3 aromatic rings. The average Bonchev–Trinajstić information content (AvgIpc) is 3.21. The first-order chi connectivity index (χ1) is 17.9. The molecule has 0 bridgehead atoms. The van der Waals surface area contributed by atoms with E-state index in [4.69, 9.17) is 4.74 Å². The highest BCUT2D eigenvalue weighted by Crippen LogP contribution is 2.47. The number of hydrogen-bond acceptors (Lipinski definition) is 9. The van der Waals surface area contributed by atoms with Crippen molar-refractivity contribution >= 4 is 40.2 Å². The Hall–Kier alpha value is -3.02. The number of hydrogen-bond donors (Lipinski definition) is 3. The number of amides is 1. The molecule has 3 aliphatic rings. The van der Waals surface area contributed by atoms with Gasteiger partial charge in [-0.05, 0) is 49.3 Å². The van der Waals surface area contributed by atoms with Crippen molar-refractivity contribution in [3.05, 3.63) is 42.0 Å². The van der Waals surface area contributed by atoms with Gasteiger partial charge in [-0.3, -0.25) is 9.78 Å². The first-order valence-electron chi connectivity index (χ1n) is 12.5. The smallest absolute Gasteiger partial charge is 0.235 e. The maximum absolute atomic E-state index is 15.0. The maximum Gasteiger partial charge on any atom is 0.235 e. The molecule has 9 nitrogen and oxygen atoms in total. The zero-order valence-electron chi connectivity index (χ0n) is 20.5. The third kappa shape index (κ3) is 4.71. The summed E-state index contributed by atoms with van der Waals surface area (Å²) in [5.41, 5.74) is 2.44. The van der Waals surface area contributed by atoms with Crippen molar-refractivity contribution in [2.75, 3.05) is 36.2 Å². The fraction of sp³-hybridized carbons (Fsp3) is 0.462. The molecule has 6 rings (SSSR count). The minimum Gasteiger partial charge on any atom is -0.481 e. The lowest BCUT2D eigenvalue weighted by molar-refractivity contribution is -0.113. The van der Waals surface area contributed by atoms with Crippen LogP contribution in [0.3, 0.4) is 0 Å². The number of ether oxygens (including phenoxy) is 1. The number of anilines is 2. The predicted octanol–water partition coefficient (Wildman–Crippen LogP) is 3.12. The quantitative estimate of drug-likeness (QED) is 0.463. The lowest BCUT2D eigenvalue weighted by Crippen LogP contribution is -2.40. The minimum absolute atomic E-state index is 0.00586. The molecule has 1 spiro atoms. The molecule has 1 saturated heterocycles. The highest BCUT2D eigenvalue weighted by Gasteiger charge is 2.46. The van der Waals surface area contributed by atoms with Crippen LogP contribution >= 0.6 is 11.8 Å². The number of aliphatic hydroxyl groups is 1. The van der Waals surface area contributed by atoms with Crippen molar-refractivity contribution in [2.45, 2.75) is 49.3 Å². The Morgan fingerprint density at radius 2 is 2.08 bits per heavy atom. The Morgan fingerprint density at radius 3 is 2.89 bits per heavy atom. The molecule has 5 heterocycles. The van der Waals surface area contributed by atoms with Crippen LogP contribution in [0.25, 0.3) is 11.0 Å². The Labute approximate surface area is 218 Å². The van der Waals surface area contributed by atoms with E-state index in [0.29, 0.717) is 60.2 Å². The van der Waals surface area contributed by atoms with Crippen molar-refractivity contribution in [1.82, 2.24) is 20.3 Å². The monoisotopic (exact) mass is 524 g/mol. The normalized spacial score (nSPS) is 22.8.